The van der Waals surface area contributed by atoms with Crippen molar-refractivity contribution in [2.75, 3.05) is 39.5 Å². The Morgan fingerprint density at radius 3 is 2.13 bits per heavy atom. The largest absolute Gasteiger partial charge is 0.460 e. The second-order valence-electron chi connectivity index (χ2n) is 11.6. The first-order chi connectivity index (χ1) is 21.3. The number of benzene rings is 1. The number of carbonyl (C=O) groups is 6. The number of carbonyl (C=O) groups excluding carboxylic acids is 6. The molecule has 0 bridgehead atoms. The molecule has 13 nitrogen and oxygen atoms in total. The van der Waals surface area contributed by atoms with E-state index in [0.29, 0.717) is 51.3 Å². The molecular formula is C32H44N4O9. The molecule has 3 rings (SSSR count). The molecule has 13 heteroatoms. The number of hydrogen-bond donors (Lipinski definition) is 2. The second-order valence-corrected chi connectivity index (χ2v) is 11.6. The zero-order valence-electron chi connectivity index (χ0n) is 26.8. The fraction of sp³-hybridized carbons (Fsp3) is 0.562. The van der Waals surface area contributed by atoms with Crippen molar-refractivity contribution in [3.8, 4) is 0 Å². The summed E-state index contributed by atoms with van der Waals surface area (Å²) < 4.78 is 15.5. The molecule has 2 heterocycles. The van der Waals surface area contributed by atoms with Crippen LogP contribution in [0.1, 0.15) is 75.1 Å². The Bertz CT molecular complexity index is 1300. The molecule has 0 aromatic heterocycles. The summed E-state index contributed by atoms with van der Waals surface area (Å²) >= 11 is 0. The SMILES string of the molecule is CCOC(=O)/C(OC(C)=O)=C(\NC(=O)[C@@H]1CCCN1C(=O)C(NC(=O)c1ccc(C(=O)N2CCOCC2)cc1)C(C)C)C(C)C. The highest BCUT2D eigenvalue weighted by atomic mass is 16.6. The van der Waals surface area contributed by atoms with Gasteiger partial charge in [0.05, 0.1) is 25.5 Å². The molecule has 2 N–H and O–H groups in total. The van der Waals surface area contributed by atoms with E-state index in [-0.39, 0.29) is 29.7 Å². The highest BCUT2D eigenvalue weighted by Gasteiger charge is 2.39. The predicted octanol–water partition coefficient (Wildman–Crippen LogP) is 2.01. The van der Waals surface area contributed by atoms with Crippen molar-refractivity contribution in [2.45, 2.75) is 66.5 Å². The molecule has 246 valence electrons. The summed E-state index contributed by atoms with van der Waals surface area (Å²) in [6.07, 6.45) is 0.916. The van der Waals surface area contributed by atoms with Crippen LogP contribution >= 0.6 is 0 Å². The standard InChI is InChI=1S/C32H44N4O9/c1-7-44-32(42)27(45-21(6)37)25(19(2)3)33-29(39)24-9-8-14-36(24)31(41)26(20(4)5)34-28(38)22-10-12-23(13-11-22)30(40)35-15-17-43-18-16-35/h10-13,19-20,24,26H,7-9,14-18H2,1-6H3,(H,33,39)(H,34,38)/b27-25+/t24-,26?/m0/s1. The van der Waals surface area contributed by atoms with Crippen molar-refractivity contribution in [3.05, 3.63) is 46.8 Å². The van der Waals surface area contributed by atoms with Gasteiger partial charge in [-0.2, -0.15) is 0 Å². The number of esters is 2. The smallest absolute Gasteiger partial charge is 0.376 e. The van der Waals surface area contributed by atoms with Crippen molar-refractivity contribution in [2.24, 2.45) is 11.8 Å². The van der Waals surface area contributed by atoms with Crippen LogP contribution in [0.5, 0.6) is 0 Å². The first-order valence-electron chi connectivity index (χ1n) is 15.3. The lowest BCUT2D eigenvalue weighted by Gasteiger charge is -2.31. The van der Waals surface area contributed by atoms with Crippen molar-refractivity contribution in [1.82, 2.24) is 20.4 Å². The van der Waals surface area contributed by atoms with E-state index >= 15 is 0 Å². The van der Waals surface area contributed by atoms with Gasteiger partial charge in [-0.05, 0) is 55.9 Å². The average molecular weight is 629 g/mol. The fourth-order valence-corrected chi connectivity index (χ4v) is 5.16. The molecule has 1 aromatic carbocycles. The van der Waals surface area contributed by atoms with E-state index in [1.54, 1.807) is 63.8 Å². The molecular weight excluding hydrogens is 584 g/mol. The molecule has 0 radical (unpaired) electrons. The van der Waals surface area contributed by atoms with Gasteiger partial charge >= 0.3 is 11.9 Å². The Morgan fingerprint density at radius 1 is 0.956 bits per heavy atom. The maximum atomic E-state index is 13.8. The number of hydrogen-bond acceptors (Lipinski definition) is 9. The van der Waals surface area contributed by atoms with E-state index in [2.05, 4.69) is 10.6 Å². The van der Waals surface area contributed by atoms with Crippen LogP contribution in [0.2, 0.25) is 0 Å². The molecule has 2 fully saturated rings. The van der Waals surface area contributed by atoms with E-state index in [9.17, 15) is 28.8 Å². The molecule has 2 saturated heterocycles. The Morgan fingerprint density at radius 2 is 1.58 bits per heavy atom. The number of ether oxygens (including phenoxy) is 3. The van der Waals surface area contributed by atoms with Crippen molar-refractivity contribution >= 4 is 35.6 Å². The summed E-state index contributed by atoms with van der Waals surface area (Å²) in [7, 11) is 0. The van der Waals surface area contributed by atoms with Crippen molar-refractivity contribution in [3.63, 3.8) is 0 Å². The van der Waals surface area contributed by atoms with Gasteiger partial charge in [0.2, 0.25) is 17.6 Å². The third kappa shape index (κ3) is 9.13. The van der Waals surface area contributed by atoms with Crippen LogP contribution in [0.4, 0.5) is 0 Å². The molecule has 0 spiro atoms. The summed E-state index contributed by atoms with van der Waals surface area (Å²) in [4.78, 5) is 80.7. The number of likely N-dealkylation sites (tertiary alicyclic amines) is 1. The predicted molar refractivity (Wildman–Crippen MR) is 162 cm³/mol. The Kier molecular flexibility index (Phi) is 12.7. The summed E-state index contributed by atoms with van der Waals surface area (Å²) in [6.45, 7) is 12.1. The van der Waals surface area contributed by atoms with Crippen LogP contribution < -0.4 is 10.6 Å². The third-order valence-corrected chi connectivity index (χ3v) is 7.54. The topological polar surface area (TPSA) is 161 Å². The Balaban J connectivity index is 1.75. The third-order valence-electron chi connectivity index (χ3n) is 7.54. The number of morpholine rings is 1. The highest BCUT2D eigenvalue weighted by molar-refractivity contribution is 6.00. The van der Waals surface area contributed by atoms with E-state index in [0.717, 1.165) is 6.92 Å². The lowest BCUT2D eigenvalue weighted by molar-refractivity contribution is -0.150. The van der Waals surface area contributed by atoms with E-state index in [1.165, 1.54) is 4.90 Å². The molecule has 45 heavy (non-hydrogen) atoms. The average Bonchev–Trinajstić information content (AvgIpc) is 3.51. The lowest BCUT2D eigenvalue weighted by Crippen LogP contribution is -2.55. The molecule has 2 atom stereocenters. The number of allylic oxidation sites excluding steroid dienone is 1. The van der Waals surface area contributed by atoms with Gasteiger partial charge in [0.25, 0.3) is 11.8 Å². The van der Waals surface area contributed by atoms with Crippen LogP contribution in [0.25, 0.3) is 0 Å². The quantitative estimate of drug-likeness (QED) is 0.212. The first kappa shape index (κ1) is 35.2. The second kappa shape index (κ2) is 16.2. The Labute approximate surface area is 263 Å². The van der Waals surface area contributed by atoms with Gasteiger partial charge in [0.1, 0.15) is 12.1 Å². The summed E-state index contributed by atoms with van der Waals surface area (Å²) in [5, 5.41) is 5.51. The minimum atomic E-state index is -0.934. The molecule has 2 aliphatic rings. The first-order valence-corrected chi connectivity index (χ1v) is 15.3. The zero-order valence-corrected chi connectivity index (χ0v) is 26.8. The molecule has 4 amide bonds. The number of nitrogens with one attached hydrogen (secondary N) is 2. The molecule has 1 aromatic rings. The van der Waals surface area contributed by atoms with Crippen LogP contribution in [-0.2, 0) is 33.4 Å². The lowest BCUT2D eigenvalue weighted by atomic mass is 10.0. The van der Waals surface area contributed by atoms with E-state index in [4.69, 9.17) is 14.2 Å². The van der Waals surface area contributed by atoms with Gasteiger partial charge in [-0.1, -0.05) is 27.7 Å². The van der Waals surface area contributed by atoms with E-state index < -0.39 is 53.4 Å². The maximum Gasteiger partial charge on any atom is 0.376 e. The summed E-state index contributed by atoms with van der Waals surface area (Å²) in [6, 6.07) is 4.44. The maximum absolute atomic E-state index is 13.8. The molecule has 1 unspecified atom stereocenters. The van der Waals surface area contributed by atoms with Gasteiger partial charge in [-0.25, -0.2) is 4.79 Å². The van der Waals surface area contributed by atoms with Crippen molar-refractivity contribution in [1.29, 1.82) is 0 Å². The Hall–Kier alpha value is -4.26. The van der Waals surface area contributed by atoms with Crippen molar-refractivity contribution < 1.29 is 43.0 Å². The highest BCUT2D eigenvalue weighted by Crippen LogP contribution is 2.23. The zero-order chi connectivity index (χ0) is 33.3. The van der Waals surface area contributed by atoms with Gasteiger partial charge < -0.3 is 34.6 Å². The van der Waals surface area contributed by atoms with Gasteiger partial charge in [0, 0.05) is 37.7 Å². The molecule has 2 aliphatic heterocycles. The normalized spacial score (nSPS) is 17.8. The van der Waals surface area contributed by atoms with Crippen LogP contribution in [0.3, 0.4) is 0 Å². The van der Waals surface area contributed by atoms with Crippen LogP contribution in [0, 0.1) is 11.8 Å². The monoisotopic (exact) mass is 628 g/mol. The molecule has 0 saturated carbocycles. The molecule has 0 aliphatic carbocycles. The minimum Gasteiger partial charge on any atom is -0.460 e. The number of rotatable bonds is 11. The summed E-state index contributed by atoms with van der Waals surface area (Å²) in [5.74, 6) is -4.39. The van der Waals surface area contributed by atoms with Crippen LogP contribution in [-0.4, -0.2) is 96.9 Å². The summed E-state index contributed by atoms with van der Waals surface area (Å²) in [5.41, 5.74) is 0.800. The van der Waals surface area contributed by atoms with E-state index in [1.807, 2.05) is 0 Å². The van der Waals surface area contributed by atoms with Crippen LogP contribution in [0.15, 0.2) is 35.7 Å². The van der Waals surface area contributed by atoms with Gasteiger partial charge in [-0.15, -0.1) is 0 Å². The number of amides is 4. The minimum absolute atomic E-state index is 0.0346. The van der Waals surface area contributed by atoms with Gasteiger partial charge in [-0.3, -0.25) is 24.0 Å². The number of nitrogens with zero attached hydrogens (tertiary/aromatic N) is 2. The fourth-order valence-electron chi connectivity index (χ4n) is 5.16. The van der Waals surface area contributed by atoms with Gasteiger partial charge in [0.15, 0.2) is 0 Å².